The second-order valence-corrected chi connectivity index (χ2v) is 7.29. The summed E-state index contributed by atoms with van der Waals surface area (Å²) < 4.78 is 33.8. The van der Waals surface area contributed by atoms with Crippen LogP contribution in [0.25, 0.3) is 11.5 Å². The van der Waals surface area contributed by atoms with Crippen LogP contribution in [0.1, 0.15) is 54.3 Å². The monoisotopic (exact) mass is 417 g/mol. The van der Waals surface area contributed by atoms with E-state index in [0.717, 1.165) is 25.7 Å². The van der Waals surface area contributed by atoms with Gasteiger partial charge in [0.25, 0.3) is 12.3 Å². The van der Waals surface area contributed by atoms with E-state index in [9.17, 15) is 18.7 Å². The minimum absolute atomic E-state index is 0.0294. The molecule has 10 heteroatoms. The quantitative estimate of drug-likeness (QED) is 0.631. The molecule has 0 aliphatic heterocycles. The Morgan fingerprint density at radius 2 is 2.00 bits per heavy atom. The van der Waals surface area contributed by atoms with Crippen LogP contribution in [-0.2, 0) is 0 Å². The van der Waals surface area contributed by atoms with Crippen LogP contribution in [0.2, 0.25) is 0 Å². The average Bonchev–Trinajstić information content (AvgIpc) is 3.42. The molecule has 1 aliphatic rings. The summed E-state index contributed by atoms with van der Waals surface area (Å²) in [6.45, 7) is 0.134. The van der Waals surface area contributed by atoms with Crippen LogP contribution in [-0.4, -0.2) is 37.4 Å². The number of nitrogens with one attached hydrogen (secondary N) is 1. The van der Waals surface area contributed by atoms with Gasteiger partial charge in [0.05, 0.1) is 11.7 Å². The Balaban J connectivity index is 1.50. The van der Waals surface area contributed by atoms with Gasteiger partial charge in [0.1, 0.15) is 6.26 Å². The first-order valence-electron chi connectivity index (χ1n) is 9.70. The number of nitrogens with zero attached hydrogens (tertiary/aromatic N) is 4. The fourth-order valence-electron chi connectivity index (χ4n) is 3.63. The zero-order valence-electron chi connectivity index (χ0n) is 16.0. The zero-order chi connectivity index (χ0) is 21.1. The van der Waals surface area contributed by atoms with Crippen LogP contribution < -0.4 is 5.32 Å². The summed E-state index contributed by atoms with van der Waals surface area (Å²) in [6, 6.07) is 3.32. The number of carbonyl (C=O) groups excluding carboxylic acids is 1. The molecule has 0 aromatic carbocycles. The number of anilines is 1. The van der Waals surface area contributed by atoms with Gasteiger partial charge < -0.3 is 14.8 Å². The number of alkyl halides is 2. The number of aromatic nitrogens is 4. The highest BCUT2D eigenvalue weighted by Crippen LogP contribution is 2.34. The molecule has 0 radical (unpaired) electrons. The van der Waals surface area contributed by atoms with E-state index in [1.54, 1.807) is 24.5 Å². The van der Waals surface area contributed by atoms with E-state index in [2.05, 4.69) is 20.4 Å². The lowest BCUT2D eigenvalue weighted by Crippen LogP contribution is -2.20. The third-order valence-electron chi connectivity index (χ3n) is 5.33. The highest BCUT2D eigenvalue weighted by molar-refractivity contribution is 6.03. The number of amides is 1. The summed E-state index contributed by atoms with van der Waals surface area (Å²) in [6.07, 6.45) is 6.00. The van der Waals surface area contributed by atoms with Gasteiger partial charge in [-0.2, -0.15) is 5.10 Å². The first-order chi connectivity index (χ1) is 14.5. The normalized spacial score (nSPS) is 19.2. The van der Waals surface area contributed by atoms with Crippen molar-refractivity contribution in [2.75, 3.05) is 11.9 Å². The van der Waals surface area contributed by atoms with E-state index in [1.165, 1.54) is 17.1 Å². The van der Waals surface area contributed by atoms with Crippen LogP contribution in [0.15, 0.2) is 41.4 Å². The predicted octanol–water partition coefficient (Wildman–Crippen LogP) is 3.85. The fourth-order valence-corrected chi connectivity index (χ4v) is 3.63. The number of carbonyl (C=O) groups is 1. The van der Waals surface area contributed by atoms with Crippen molar-refractivity contribution < 1.29 is 23.1 Å². The number of aliphatic hydroxyl groups excluding tert-OH is 1. The van der Waals surface area contributed by atoms with Crippen LogP contribution in [0.5, 0.6) is 0 Å². The van der Waals surface area contributed by atoms with Crippen molar-refractivity contribution in [2.45, 2.75) is 38.2 Å². The van der Waals surface area contributed by atoms with Crippen molar-refractivity contribution in [2.24, 2.45) is 5.92 Å². The fraction of sp³-hybridized carbons (Fsp3) is 0.400. The molecule has 158 valence electrons. The molecule has 0 spiro atoms. The van der Waals surface area contributed by atoms with Crippen molar-refractivity contribution in [3.05, 3.63) is 48.4 Å². The largest absolute Gasteiger partial charge is 0.444 e. The van der Waals surface area contributed by atoms with Crippen LogP contribution in [0, 0.1) is 5.92 Å². The molecule has 1 fully saturated rings. The summed E-state index contributed by atoms with van der Waals surface area (Å²) in [5, 5.41) is 15.8. The molecule has 1 saturated carbocycles. The molecule has 30 heavy (non-hydrogen) atoms. The second-order valence-electron chi connectivity index (χ2n) is 7.29. The van der Waals surface area contributed by atoms with Gasteiger partial charge in [-0.3, -0.25) is 14.5 Å². The Morgan fingerprint density at radius 1 is 1.27 bits per heavy atom. The molecular weight excluding hydrogens is 396 g/mol. The maximum Gasteiger partial charge on any atom is 0.284 e. The third kappa shape index (κ3) is 4.23. The van der Waals surface area contributed by atoms with E-state index in [-0.39, 0.29) is 35.8 Å². The third-order valence-corrected chi connectivity index (χ3v) is 5.33. The Morgan fingerprint density at radius 3 is 2.67 bits per heavy atom. The van der Waals surface area contributed by atoms with E-state index in [1.807, 2.05) is 0 Å². The predicted molar refractivity (Wildman–Crippen MR) is 103 cm³/mol. The zero-order valence-corrected chi connectivity index (χ0v) is 16.0. The molecule has 0 bridgehead atoms. The molecule has 1 aliphatic carbocycles. The molecule has 3 aromatic rings. The molecule has 0 atom stereocenters. The molecule has 3 aromatic heterocycles. The molecule has 1 amide bonds. The molecular formula is C20H21F2N5O3. The molecule has 4 rings (SSSR count). The second kappa shape index (κ2) is 8.70. The van der Waals surface area contributed by atoms with Gasteiger partial charge >= 0.3 is 0 Å². The van der Waals surface area contributed by atoms with E-state index < -0.39 is 18.0 Å². The van der Waals surface area contributed by atoms with Crippen molar-refractivity contribution >= 4 is 11.6 Å². The summed E-state index contributed by atoms with van der Waals surface area (Å²) in [5.41, 5.74) is 0.0834. The van der Waals surface area contributed by atoms with E-state index in [0.29, 0.717) is 5.56 Å². The number of oxazole rings is 1. The Bertz CT molecular complexity index is 997. The van der Waals surface area contributed by atoms with Crippen molar-refractivity contribution in [1.82, 2.24) is 19.7 Å². The number of aliphatic hydroxyl groups is 1. The molecule has 3 heterocycles. The van der Waals surface area contributed by atoms with Crippen molar-refractivity contribution in [3.8, 4) is 11.5 Å². The smallest absolute Gasteiger partial charge is 0.284 e. The minimum atomic E-state index is -2.83. The van der Waals surface area contributed by atoms with Gasteiger partial charge in [0.15, 0.2) is 11.4 Å². The maximum absolute atomic E-state index is 13.5. The van der Waals surface area contributed by atoms with Crippen molar-refractivity contribution in [1.29, 1.82) is 0 Å². The summed E-state index contributed by atoms with van der Waals surface area (Å²) in [4.78, 5) is 20.6. The van der Waals surface area contributed by atoms with Gasteiger partial charge in [0.2, 0.25) is 5.89 Å². The Labute approximate surface area is 171 Å². The molecule has 8 nitrogen and oxygen atoms in total. The summed E-state index contributed by atoms with van der Waals surface area (Å²) in [7, 11) is 0. The van der Waals surface area contributed by atoms with Crippen LogP contribution >= 0.6 is 0 Å². The van der Waals surface area contributed by atoms with Gasteiger partial charge in [-0.05, 0) is 43.7 Å². The van der Waals surface area contributed by atoms with E-state index >= 15 is 0 Å². The highest BCUT2D eigenvalue weighted by Gasteiger charge is 2.27. The minimum Gasteiger partial charge on any atom is -0.444 e. The lowest BCUT2D eigenvalue weighted by atomic mass is 9.87. The lowest BCUT2D eigenvalue weighted by Gasteiger charge is -2.27. The standard InChI is InChI=1S/C20H21F2N5O3/c21-18(22)17-15(9-27(26-17)14-3-1-12(10-28)2-4-14)24-19(29)16-11-30-20(25-16)13-5-7-23-8-6-13/h5-9,11-12,14,18,28H,1-4,10H2,(H,24,29)/t12-,14-. The number of rotatable bonds is 6. The van der Waals surface area contributed by atoms with Crippen LogP contribution in [0.4, 0.5) is 14.5 Å². The molecule has 0 unspecified atom stereocenters. The van der Waals surface area contributed by atoms with Gasteiger partial charge in [-0.15, -0.1) is 0 Å². The molecule has 2 N–H and O–H groups in total. The average molecular weight is 417 g/mol. The SMILES string of the molecule is O=C(Nc1cn([C@H]2CC[C@H](CO)CC2)nc1C(F)F)c1coc(-c2ccncc2)n1. The first-order valence-corrected chi connectivity index (χ1v) is 9.70. The summed E-state index contributed by atoms with van der Waals surface area (Å²) >= 11 is 0. The lowest BCUT2D eigenvalue weighted by molar-refractivity contribution is 0.102. The van der Waals surface area contributed by atoms with Crippen molar-refractivity contribution in [3.63, 3.8) is 0 Å². The number of halogens is 2. The number of hydrogen-bond donors (Lipinski definition) is 2. The van der Waals surface area contributed by atoms with Crippen LogP contribution in [0.3, 0.4) is 0 Å². The van der Waals surface area contributed by atoms with Gasteiger partial charge in [0, 0.05) is 30.8 Å². The number of hydrogen-bond acceptors (Lipinski definition) is 6. The molecule has 0 saturated heterocycles. The van der Waals surface area contributed by atoms with Gasteiger partial charge in [-0.25, -0.2) is 13.8 Å². The highest BCUT2D eigenvalue weighted by atomic mass is 19.3. The maximum atomic E-state index is 13.5. The van der Waals surface area contributed by atoms with Gasteiger partial charge in [-0.1, -0.05) is 0 Å². The van der Waals surface area contributed by atoms with E-state index in [4.69, 9.17) is 4.42 Å². The topological polar surface area (TPSA) is 106 Å². The number of pyridine rings is 1. The summed E-state index contributed by atoms with van der Waals surface area (Å²) in [5.74, 6) is -0.190. The first kappa shape index (κ1) is 20.1. The Hall–Kier alpha value is -3.14. The Kier molecular flexibility index (Phi) is 5.84.